The Hall–Kier alpha value is -2.43. The fourth-order valence-electron chi connectivity index (χ4n) is 2.98. The molecule has 0 aromatic heterocycles. The molecule has 0 aliphatic carbocycles. The van der Waals surface area contributed by atoms with Crippen molar-refractivity contribution in [2.75, 3.05) is 13.1 Å². The maximum absolute atomic E-state index is 12.6. The standard InChI is InChI=1S/C20H26N2O3/c1-20(2,3)14-16(13-15-7-5-4-6-8-15)19(25)21-11-12-22-17(23)9-10-18(22)24/h4-10,16H,11-14H2,1-3H3,(H,21,25)/t16-/m0/s1. The van der Waals surface area contributed by atoms with Crippen LogP contribution in [0.2, 0.25) is 0 Å². The van der Waals surface area contributed by atoms with Crippen molar-refractivity contribution in [3.8, 4) is 0 Å². The summed E-state index contributed by atoms with van der Waals surface area (Å²) in [5.41, 5.74) is 1.16. The van der Waals surface area contributed by atoms with Crippen molar-refractivity contribution >= 4 is 17.7 Å². The lowest BCUT2D eigenvalue weighted by molar-refractivity contribution is -0.137. The van der Waals surface area contributed by atoms with Crippen LogP contribution < -0.4 is 5.32 Å². The molecular weight excluding hydrogens is 316 g/mol. The monoisotopic (exact) mass is 342 g/mol. The van der Waals surface area contributed by atoms with Gasteiger partial charge >= 0.3 is 0 Å². The number of rotatable bonds is 7. The summed E-state index contributed by atoms with van der Waals surface area (Å²) in [5, 5.41) is 2.88. The first-order chi connectivity index (χ1) is 11.8. The Bertz CT molecular complexity index is 641. The zero-order valence-electron chi connectivity index (χ0n) is 15.1. The van der Waals surface area contributed by atoms with Crippen LogP contribution in [0, 0.1) is 11.3 Å². The zero-order valence-corrected chi connectivity index (χ0v) is 15.1. The highest BCUT2D eigenvalue weighted by Gasteiger charge is 2.26. The molecule has 1 atom stereocenters. The van der Waals surface area contributed by atoms with Gasteiger partial charge in [0.25, 0.3) is 11.8 Å². The van der Waals surface area contributed by atoms with Crippen LogP contribution in [-0.4, -0.2) is 35.7 Å². The summed E-state index contributed by atoms with van der Waals surface area (Å²) in [7, 11) is 0. The van der Waals surface area contributed by atoms with Gasteiger partial charge in [-0.2, -0.15) is 0 Å². The molecule has 25 heavy (non-hydrogen) atoms. The van der Waals surface area contributed by atoms with Crippen LogP contribution in [0.4, 0.5) is 0 Å². The van der Waals surface area contributed by atoms with Crippen molar-refractivity contribution in [2.45, 2.75) is 33.6 Å². The van der Waals surface area contributed by atoms with E-state index >= 15 is 0 Å². The van der Waals surface area contributed by atoms with Gasteiger partial charge in [-0.1, -0.05) is 51.1 Å². The van der Waals surface area contributed by atoms with E-state index in [1.54, 1.807) is 0 Å². The third-order valence-electron chi connectivity index (χ3n) is 4.09. The molecule has 0 spiro atoms. The van der Waals surface area contributed by atoms with Crippen LogP contribution in [0.25, 0.3) is 0 Å². The fourth-order valence-corrected chi connectivity index (χ4v) is 2.98. The Labute approximate surface area is 149 Å². The minimum Gasteiger partial charge on any atom is -0.354 e. The van der Waals surface area contributed by atoms with Crippen LogP contribution in [0.1, 0.15) is 32.8 Å². The van der Waals surface area contributed by atoms with Crippen LogP contribution in [0.5, 0.6) is 0 Å². The molecule has 1 heterocycles. The molecule has 3 amide bonds. The molecule has 0 radical (unpaired) electrons. The fraction of sp³-hybridized carbons (Fsp3) is 0.450. The lowest BCUT2D eigenvalue weighted by Gasteiger charge is -2.26. The van der Waals surface area contributed by atoms with E-state index in [0.29, 0.717) is 6.42 Å². The highest BCUT2D eigenvalue weighted by molar-refractivity contribution is 6.12. The number of nitrogens with zero attached hydrogens (tertiary/aromatic N) is 1. The first-order valence-corrected chi connectivity index (χ1v) is 8.61. The van der Waals surface area contributed by atoms with Crippen molar-refractivity contribution < 1.29 is 14.4 Å². The van der Waals surface area contributed by atoms with Crippen LogP contribution >= 0.6 is 0 Å². The molecule has 5 nitrogen and oxygen atoms in total. The van der Waals surface area contributed by atoms with Gasteiger partial charge in [0, 0.05) is 31.2 Å². The van der Waals surface area contributed by atoms with Gasteiger partial charge in [0.2, 0.25) is 5.91 Å². The topological polar surface area (TPSA) is 66.5 Å². The number of imide groups is 1. The molecule has 1 aromatic carbocycles. The average Bonchev–Trinajstić information content (AvgIpc) is 2.85. The number of benzene rings is 1. The average molecular weight is 342 g/mol. The van der Waals surface area contributed by atoms with Gasteiger partial charge in [0.1, 0.15) is 0 Å². The highest BCUT2D eigenvalue weighted by atomic mass is 16.2. The zero-order chi connectivity index (χ0) is 18.4. The summed E-state index contributed by atoms with van der Waals surface area (Å²) in [6.45, 7) is 6.82. The predicted octanol–water partition coefficient (Wildman–Crippen LogP) is 2.32. The molecule has 1 aliphatic heterocycles. The Balaban J connectivity index is 1.93. The van der Waals surface area contributed by atoms with Gasteiger partial charge < -0.3 is 5.32 Å². The number of hydrogen-bond donors (Lipinski definition) is 1. The molecule has 1 aliphatic rings. The summed E-state index contributed by atoms with van der Waals surface area (Å²) in [4.78, 5) is 36.8. The van der Waals surface area contributed by atoms with E-state index in [0.717, 1.165) is 16.9 Å². The minimum atomic E-state index is -0.324. The molecule has 0 saturated carbocycles. The number of carbonyl (C=O) groups is 3. The van der Waals surface area contributed by atoms with Gasteiger partial charge in [-0.3, -0.25) is 19.3 Å². The van der Waals surface area contributed by atoms with Crippen molar-refractivity contribution in [1.29, 1.82) is 0 Å². The summed E-state index contributed by atoms with van der Waals surface area (Å²) in [6.07, 6.45) is 3.94. The van der Waals surface area contributed by atoms with E-state index in [2.05, 4.69) is 26.1 Å². The summed E-state index contributed by atoms with van der Waals surface area (Å²) >= 11 is 0. The van der Waals surface area contributed by atoms with Crippen molar-refractivity contribution in [3.05, 3.63) is 48.0 Å². The van der Waals surface area contributed by atoms with Gasteiger partial charge in [0.15, 0.2) is 0 Å². The molecule has 0 fully saturated rings. The molecule has 5 heteroatoms. The summed E-state index contributed by atoms with van der Waals surface area (Å²) in [6, 6.07) is 9.95. The lowest BCUT2D eigenvalue weighted by atomic mass is 9.81. The van der Waals surface area contributed by atoms with Crippen molar-refractivity contribution in [1.82, 2.24) is 10.2 Å². The quantitative estimate of drug-likeness (QED) is 0.773. The normalized spacial score (nSPS) is 15.6. The van der Waals surface area contributed by atoms with Gasteiger partial charge in [-0.25, -0.2) is 0 Å². The van der Waals surface area contributed by atoms with Crippen molar-refractivity contribution in [3.63, 3.8) is 0 Å². The molecule has 0 unspecified atom stereocenters. The van der Waals surface area contributed by atoms with Gasteiger partial charge in [-0.15, -0.1) is 0 Å². The van der Waals surface area contributed by atoms with E-state index in [9.17, 15) is 14.4 Å². The largest absolute Gasteiger partial charge is 0.354 e. The van der Waals surface area contributed by atoms with Crippen LogP contribution in [0.15, 0.2) is 42.5 Å². The SMILES string of the molecule is CC(C)(C)C[C@H](Cc1ccccc1)C(=O)NCCN1C(=O)C=CC1=O. The molecule has 0 saturated heterocycles. The molecular formula is C20H26N2O3. The van der Waals surface area contributed by atoms with Crippen LogP contribution in [0.3, 0.4) is 0 Å². The van der Waals surface area contributed by atoms with Gasteiger partial charge in [0.05, 0.1) is 0 Å². The summed E-state index contributed by atoms with van der Waals surface area (Å²) < 4.78 is 0. The summed E-state index contributed by atoms with van der Waals surface area (Å²) in [5.74, 6) is -0.833. The number of carbonyl (C=O) groups excluding carboxylic acids is 3. The van der Waals surface area contributed by atoms with E-state index in [-0.39, 0.29) is 42.1 Å². The smallest absolute Gasteiger partial charge is 0.253 e. The minimum absolute atomic E-state index is 0.0294. The first-order valence-electron chi connectivity index (χ1n) is 8.61. The maximum Gasteiger partial charge on any atom is 0.253 e. The first kappa shape index (κ1) is 18.9. The second-order valence-electron chi connectivity index (χ2n) is 7.60. The Morgan fingerprint density at radius 1 is 1.08 bits per heavy atom. The van der Waals surface area contributed by atoms with Crippen molar-refractivity contribution in [2.24, 2.45) is 11.3 Å². The Morgan fingerprint density at radius 3 is 2.24 bits per heavy atom. The van der Waals surface area contributed by atoms with E-state index in [4.69, 9.17) is 0 Å². The number of amides is 3. The Kier molecular flexibility index (Phi) is 6.12. The molecule has 2 rings (SSSR count). The predicted molar refractivity (Wildman–Crippen MR) is 96.6 cm³/mol. The molecule has 0 bridgehead atoms. The third kappa shape index (κ3) is 5.85. The second-order valence-corrected chi connectivity index (χ2v) is 7.60. The number of nitrogens with one attached hydrogen (secondary N) is 1. The van der Waals surface area contributed by atoms with Crippen LogP contribution in [-0.2, 0) is 20.8 Å². The van der Waals surface area contributed by atoms with Gasteiger partial charge in [-0.05, 0) is 23.8 Å². The Morgan fingerprint density at radius 2 is 1.68 bits per heavy atom. The molecule has 1 aromatic rings. The van der Waals surface area contributed by atoms with E-state index in [1.807, 2.05) is 30.3 Å². The second kappa shape index (κ2) is 8.10. The third-order valence-corrected chi connectivity index (χ3v) is 4.09. The van der Waals surface area contributed by atoms with E-state index in [1.165, 1.54) is 12.2 Å². The van der Waals surface area contributed by atoms with E-state index < -0.39 is 0 Å². The maximum atomic E-state index is 12.6. The molecule has 134 valence electrons. The highest BCUT2D eigenvalue weighted by Crippen LogP contribution is 2.27. The number of hydrogen-bond acceptors (Lipinski definition) is 3. The lowest BCUT2D eigenvalue weighted by Crippen LogP contribution is -2.41. The molecule has 1 N–H and O–H groups in total.